The molecule has 0 bridgehead atoms. The Bertz CT molecular complexity index is 734. The highest BCUT2D eigenvalue weighted by atomic mass is 28.4. The third kappa shape index (κ3) is 4.79. The zero-order valence-electron chi connectivity index (χ0n) is 17.4. The molecule has 27 heavy (non-hydrogen) atoms. The topological polar surface area (TPSA) is 44.8 Å². The van der Waals surface area contributed by atoms with Crippen LogP contribution in [0.25, 0.3) is 0 Å². The molecule has 1 atom stereocenters. The van der Waals surface area contributed by atoms with Gasteiger partial charge in [0.05, 0.1) is 20.3 Å². The normalized spacial score (nSPS) is 18.0. The molecule has 0 amide bonds. The second-order valence-electron chi connectivity index (χ2n) is 8.53. The lowest BCUT2D eigenvalue weighted by molar-refractivity contribution is -0.136. The van der Waals surface area contributed by atoms with Gasteiger partial charge in [-0.25, -0.2) is 9.18 Å². The molecule has 0 unspecified atom stereocenters. The van der Waals surface area contributed by atoms with Crippen LogP contribution in [0.2, 0.25) is 18.1 Å². The van der Waals surface area contributed by atoms with Crippen LogP contribution < -0.4 is 4.74 Å². The van der Waals surface area contributed by atoms with Crippen LogP contribution in [-0.4, -0.2) is 34.6 Å². The fourth-order valence-corrected chi connectivity index (χ4v) is 4.44. The summed E-state index contributed by atoms with van der Waals surface area (Å²) in [5.41, 5.74) is 2.44. The second-order valence-corrected chi connectivity index (χ2v) is 13.3. The first-order valence-corrected chi connectivity index (χ1v) is 12.2. The Morgan fingerprint density at radius 2 is 1.93 bits per heavy atom. The maximum atomic E-state index is 13.6. The van der Waals surface area contributed by atoms with Crippen molar-refractivity contribution in [3.63, 3.8) is 0 Å². The number of rotatable bonds is 6. The van der Waals surface area contributed by atoms with Gasteiger partial charge in [-0.05, 0) is 48.2 Å². The monoisotopic (exact) mass is 394 g/mol. The van der Waals surface area contributed by atoms with E-state index in [-0.39, 0.29) is 22.9 Å². The van der Waals surface area contributed by atoms with Crippen molar-refractivity contribution in [2.24, 2.45) is 0 Å². The van der Waals surface area contributed by atoms with Gasteiger partial charge < -0.3 is 13.9 Å². The summed E-state index contributed by atoms with van der Waals surface area (Å²) >= 11 is 0. The Labute approximate surface area is 162 Å². The summed E-state index contributed by atoms with van der Waals surface area (Å²) in [6, 6.07) is 4.49. The Kier molecular flexibility index (Phi) is 6.53. The average Bonchev–Trinajstić information content (AvgIpc) is 2.96. The molecular formula is C21H31FO4Si. The maximum Gasteiger partial charge on any atom is 0.333 e. The summed E-state index contributed by atoms with van der Waals surface area (Å²) in [6.07, 6.45) is 1.74. The van der Waals surface area contributed by atoms with E-state index in [1.54, 1.807) is 6.07 Å². The Balaban J connectivity index is 2.40. The lowest BCUT2D eigenvalue weighted by Gasteiger charge is -2.39. The molecule has 0 radical (unpaired) electrons. The second kappa shape index (κ2) is 8.15. The van der Waals surface area contributed by atoms with Gasteiger partial charge in [0.25, 0.3) is 0 Å². The van der Waals surface area contributed by atoms with Crippen molar-refractivity contribution in [3.8, 4) is 5.75 Å². The van der Waals surface area contributed by atoms with E-state index in [0.717, 1.165) is 17.6 Å². The minimum absolute atomic E-state index is 0.0691. The number of hydrogen-bond acceptors (Lipinski definition) is 4. The molecule has 2 rings (SSSR count). The molecule has 1 aliphatic rings. The fourth-order valence-electron chi connectivity index (χ4n) is 3.11. The lowest BCUT2D eigenvalue weighted by atomic mass is 9.99. The molecular weight excluding hydrogens is 363 g/mol. The Morgan fingerprint density at radius 3 is 2.48 bits per heavy atom. The number of esters is 1. The van der Waals surface area contributed by atoms with E-state index in [2.05, 4.69) is 33.9 Å². The molecule has 0 fully saturated rings. The third-order valence-corrected chi connectivity index (χ3v) is 10.2. The molecule has 4 nitrogen and oxygen atoms in total. The fraction of sp³-hybridized carbons (Fsp3) is 0.571. The van der Waals surface area contributed by atoms with Crippen molar-refractivity contribution in [1.29, 1.82) is 0 Å². The van der Waals surface area contributed by atoms with Crippen LogP contribution in [0.3, 0.4) is 0 Å². The van der Waals surface area contributed by atoms with Crippen LogP contribution in [0.1, 0.15) is 39.2 Å². The van der Waals surface area contributed by atoms with Crippen LogP contribution in [0, 0.1) is 5.82 Å². The predicted molar refractivity (Wildman–Crippen MR) is 107 cm³/mol. The number of carbonyl (C=O) groups excluding carboxylic acids is 1. The molecule has 6 heteroatoms. The molecule has 0 heterocycles. The number of carbonyl (C=O) groups is 1. The number of ether oxygens (including phenoxy) is 2. The van der Waals surface area contributed by atoms with Crippen LogP contribution in [0.5, 0.6) is 5.75 Å². The van der Waals surface area contributed by atoms with E-state index in [4.69, 9.17) is 13.9 Å². The van der Waals surface area contributed by atoms with Gasteiger partial charge in [-0.2, -0.15) is 0 Å². The molecule has 0 spiro atoms. The molecule has 0 aromatic heterocycles. The van der Waals surface area contributed by atoms with E-state index in [1.807, 2.05) is 0 Å². The summed E-state index contributed by atoms with van der Waals surface area (Å²) in [7, 11) is 0.904. The molecule has 1 aliphatic carbocycles. The molecule has 0 saturated heterocycles. The van der Waals surface area contributed by atoms with Gasteiger partial charge in [0.2, 0.25) is 0 Å². The van der Waals surface area contributed by atoms with Gasteiger partial charge >= 0.3 is 5.97 Å². The molecule has 0 saturated carbocycles. The van der Waals surface area contributed by atoms with Crippen molar-refractivity contribution < 1.29 is 23.1 Å². The van der Waals surface area contributed by atoms with Gasteiger partial charge in [-0.3, -0.25) is 0 Å². The van der Waals surface area contributed by atoms with E-state index < -0.39 is 8.32 Å². The first-order valence-electron chi connectivity index (χ1n) is 9.30. The van der Waals surface area contributed by atoms with Crippen molar-refractivity contribution in [3.05, 3.63) is 40.7 Å². The first-order chi connectivity index (χ1) is 12.5. The van der Waals surface area contributed by atoms with Gasteiger partial charge in [0.15, 0.2) is 8.32 Å². The summed E-state index contributed by atoms with van der Waals surface area (Å²) < 4.78 is 30.5. The van der Waals surface area contributed by atoms with E-state index >= 15 is 0 Å². The number of halogens is 1. The van der Waals surface area contributed by atoms with Gasteiger partial charge in [-0.1, -0.05) is 26.8 Å². The van der Waals surface area contributed by atoms with Crippen LogP contribution in [0.4, 0.5) is 4.39 Å². The van der Waals surface area contributed by atoms with Gasteiger partial charge in [-0.15, -0.1) is 0 Å². The summed E-state index contributed by atoms with van der Waals surface area (Å²) in [5, 5.41) is 0.0691. The van der Waals surface area contributed by atoms with Crippen molar-refractivity contribution in [1.82, 2.24) is 0 Å². The predicted octanol–water partition coefficient (Wildman–Crippen LogP) is 5.03. The zero-order chi connectivity index (χ0) is 20.4. The molecule has 1 aromatic rings. The number of methoxy groups -OCH3 is 2. The number of benzene rings is 1. The van der Waals surface area contributed by atoms with Crippen molar-refractivity contribution in [2.75, 3.05) is 14.2 Å². The van der Waals surface area contributed by atoms with E-state index in [9.17, 15) is 9.18 Å². The summed E-state index contributed by atoms with van der Waals surface area (Å²) in [5.74, 6) is -0.185. The van der Waals surface area contributed by atoms with E-state index in [0.29, 0.717) is 24.2 Å². The standard InChI is InChI=1S/C21H31FO4Si/c1-21(2,3)27(6,7)26-18-11-10-16(20(23)25-5)17(18)12-14-8-9-15(22)13-19(14)24-4/h8-9,13,18H,10-12H2,1-7H3/t18-/m0/s1. The smallest absolute Gasteiger partial charge is 0.333 e. The SMILES string of the molecule is COC(=O)C1=C(Cc2ccc(F)cc2OC)[C@@H](O[Si](C)(C)C(C)(C)C)CC1. The maximum absolute atomic E-state index is 13.6. The summed E-state index contributed by atoms with van der Waals surface area (Å²) in [4.78, 5) is 12.3. The highest BCUT2D eigenvalue weighted by molar-refractivity contribution is 6.74. The Hall–Kier alpha value is -1.66. The largest absolute Gasteiger partial charge is 0.496 e. The molecule has 1 aromatic carbocycles. The van der Waals surface area contributed by atoms with Crippen molar-refractivity contribution in [2.45, 2.75) is 64.3 Å². The lowest BCUT2D eigenvalue weighted by Crippen LogP contribution is -2.44. The quantitative estimate of drug-likeness (QED) is 0.501. The number of hydrogen-bond donors (Lipinski definition) is 0. The Morgan fingerprint density at radius 1 is 1.26 bits per heavy atom. The van der Waals surface area contributed by atoms with Crippen LogP contribution in [0.15, 0.2) is 29.3 Å². The minimum atomic E-state index is -2.01. The zero-order valence-corrected chi connectivity index (χ0v) is 18.4. The van der Waals surface area contributed by atoms with Gasteiger partial charge in [0.1, 0.15) is 11.6 Å². The average molecular weight is 395 g/mol. The molecule has 150 valence electrons. The highest BCUT2D eigenvalue weighted by Crippen LogP contribution is 2.42. The summed E-state index contributed by atoms with van der Waals surface area (Å²) in [6.45, 7) is 11.0. The third-order valence-electron chi connectivity index (χ3n) is 5.74. The van der Waals surface area contributed by atoms with E-state index in [1.165, 1.54) is 26.4 Å². The molecule has 0 N–H and O–H groups in total. The van der Waals surface area contributed by atoms with Crippen LogP contribution in [-0.2, 0) is 20.4 Å². The van der Waals surface area contributed by atoms with Crippen LogP contribution >= 0.6 is 0 Å². The van der Waals surface area contributed by atoms with Crippen molar-refractivity contribution >= 4 is 14.3 Å². The minimum Gasteiger partial charge on any atom is -0.496 e. The first kappa shape index (κ1) is 21.6. The highest BCUT2D eigenvalue weighted by Gasteiger charge is 2.42. The van der Waals surface area contributed by atoms with Gasteiger partial charge in [0, 0.05) is 18.1 Å². The molecule has 0 aliphatic heterocycles.